The molecule has 1 fully saturated rings. The van der Waals surface area contributed by atoms with Gasteiger partial charge < -0.3 is 14.2 Å². The molecular formula is C25H36N4O3S. The maximum atomic E-state index is 13.3. The minimum atomic E-state index is -0.555. The lowest BCUT2D eigenvalue weighted by atomic mass is 9.91. The van der Waals surface area contributed by atoms with E-state index in [1.54, 1.807) is 4.90 Å². The van der Waals surface area contributed by atoms with Gasteiger partial charge in [-0.3, -0.25) is 9.59 Å². The number of thioether (sulfide) groups is 1. The summed E-state index contributed by atoms with van der Waals surface area (Å²) in [4.78, 5) is 29.3. The molecule has 0 spiro atoms. The molecule has 0 aliphatic heterocycles. The molecule has 1 aliphatic carbocycles. The molecule has 1 aromatic heterocycles. The Balaban J connectivity index is 1.58. The molecule has 1 atom stereocenters. The lowest BCUT2D eigenvalue weighted by molar-refractivity contribution is -0.122. The van der Waals surface area contributed by atoms with Gasteiger partial charge in [-0.25, -0.2) is 0 Å². The molecule has 0 N–H and O–H groups in total. The van der Waals surface area contributed by atoms with Crippen LogP contribution in [-0.2, 0) is 11.3 Å². The second kappa shape index (κ2) is 12.9. The van der Waals surface area contributed by atoms with Gasteiger partial charge in [-0.1, -0.05) is 75.2 Å². The van der Waals surface area contributed by atoms with Crippen LogP contribution in [0.3, 0.4) is 0 Å². The standard InChI is InChI=1S/C25H36N4O3S/c1-19(2)16-22(29(18-30)21-12-8-5-9-13-21)23(31)24-26-27-25(32-24)33-15-14-28(3)17-20-10-6-4-7-11-20/h4,6-7,10-11,18-19,21-22H,5,8-9,12-17H2,1-3H3. The highest BCUT2D eigenvalue weighted by atomic mass is 32.2. The Bertz CT molecular complexity index is 868. The Morgan fingerprint density at radius 2 is 1.91 bits per heavy atom. The van der Waals surface area contributed by atoms with Crippen molar-refractivity contribution in [3.63, 3.8) is 0 Å². The number of carbonyl (C=O) groups excluding carboxylic acids is 2. The molecule has 7 nitrogen and oxygen atoms in total. The highest BCUT2D eigenvalue weighted by Gasteiger charge is 2.35. The summed E-state index contributed by atoms with van der Waals surface area (Å²) in [5, 5.41) is 8.50. The zero-order valence-electron chi connectivity index (χ0n) is 20.0. The summed E-state index contributed by atoms with van der Waals surface area (Å²) < 4.78 is 5.72. The first-order valence-corrected chi connectivity index (χ1v) is 12.9. The number of Topliss-reactive ketones (excluding diaryl/α,β-unsaturated/α-hetero) is 1. The molecule has 1 saturated carbocycles. The number of hydrogen-bond donors (Lipinski definition) is 0. The Morgan fingerprint density at radius 1 is 1.18 bits per heavy atom. The van der Waals surface area contributed by atoms with Crippen molar-refractivity contribution in [3.8, 4) is 0 Å². The Kier molecular flexibility index (Phi) is 9.94. The number of amides is 1. The first-order valence-electron chi connectivity index (χ1n) is 11.9. The van der Waals surface area contributed by atoms with E-state index in [0.29, 0.717) is 11.6 Å². The van der Waals surface area contributed by atoms with Gasteiger partial charge in [0.2, 0.25) is 12.2 Å². The maximum Gasteiger partial charge on any atom is 0.286 e. The van der Waals surface area contributed by atoms with Gasteiger partial charge in [0, 0.05) is 24.9 Å². The van der Waals surface area contributed by atoms with Crippen molar-refractivity contribution in [1.29, 1.82) is 0 Å². The molecule has 0 radical (unpaired) electrons. The number of hydrogen-bond acceptors (Lipinski definition) is 7. The van der Waals surface area contributed by atoms with Crippen molar-refractivity contribution in [3.05, 3.63) is 41.8 Å². The fraction of sp³-hybridized carbons (Fsp3) is 0.600. The van der Waals surface area contributed by atoms with Crippen LogP contribution in [-0.4, -0.2) is 63.6 Å². The van der Waals surface area contributed by atoms with Gasteiger partial charge in [0.05, 0.1) is 0 Å². The second-order valence-electron chi connectivity index (χ2n) is 9.30. The predicted octanol–water partition coefficient (Wildman–Crippen LogP) is 4.68. The lowest BCUT2D eigenvalue weighted by Gasteiger charge is -2.36. The number of aromatic nitrogens is 2. The quantitative estimate of drug-likeness (QED) is 0.238. The molecule has 33 heavy (non-hydrogen) atoms. The van der Waals surface area contributed by atoms with Crippen molar-refractivity contribution in [2.24, 2.45) is 5.92 Å². The third kappa shape index (κ3) is 7.67. The summed E-state index contributed by atoms with van der Waals surface area (Å²) in [6.45, 7) is 5.84. The highest BCUT2D eigenvalue weighted by molar-refractivity contribution is 7.99. The number of ketones is 1. The van der Waals surface area contributed by atoms with Crippen molar-refractivity contribution in [2.45, 2.75) is 76.2 Å². The van der Waals surface area contributed by atoms with E-state index in [-0.39, 0.29) is 23.6 Å². The van der Waals surface area contributed by atoms with E-state index in [0.717, 1.165) is 50.9 Å². The van der Waals surface area contributed by atoms with Gasteiger partial charge in [-0.15, -0.1) is 10.2 Å². The summed E-state index contributed by atoms with van der Waals surface area (Å²) in [5.41, 5.74) is 1.27. The smallest absolute Gasteiger partial charge is 0.286 e. The van der Waals surface area contributed by atoms with E-state index in [2.05, 4.69) is 48.1 Å². The van der Waals surface area contributed by atoms with Crippen LogP contribution in [0.25, 0.3) is 0 Å². The van der Waals surface area contributed by atoms with Gasteiger partial charge >= 0.3 is 0 Å². The first kappa shape index (κ1) is 25.4. The lowest BCUT2D eigenvalue weighted by Crippen LogP contribution is -2.48. The summed E-state index contributed by atoms with van der Waals surface area (Å²) in [6.07, 6.45) is 6.70. The molecule has 1 amide bonds. The Hall–Kier alpha value is -2.19. The van der Waals surface area contributed by atoms with Crippen LogP contribution >= 0.6 is 11.8 Å². The van der Waals surface area contributed by atoms with Crippen molar-refractivity contribution >= 4 is 24.0 Å². The number of benzene rings is 1. The SMILES string of the molecule is CC(C)CC(C(=O)c1nnc(SCCN(C)Cc2ccccc2)o1)N(C=O)C1CCCCC1. The zero-order chi connectivity index (χ0) is 23.6. The van der Waals surface area contributed by atoms with E-state index in [1.807, 2.05) is 18.2 Å². The number of rotatable bonds is 13. The summed E-state index contributed by atoms with van der Waals surface area (Å²) in [6, 6.07) is 9.89. The third-order valence-electron chi connectivity index (χ3n) is 6.09. The molecule has 8 heteroatoms. The van der Waals surface area contributed by atoms with E-state index in [4.69, 9.17) is 4.42 Å². The molecule has 3 rings (SSSR count). The second-order valence-corrected chi connectivity index (χ2v) is 10.3. The molecule has 1 unspecified atom stereocenters. The minimum Gasteiger partial charge on any atom is -0.408 e. The topological polar surface area (TPSA) is 79.5 Å². The number of carbonyl (C=O) groups is 2. The van der Waals surface area contributed by atoms with E-state index in [1.165, 1.54) is 23.7 Å². The fourth-order valence-electron chi connectivity index (χ4n) is 4.38. The molecule has 0 saturated heterocycles. The molecule has 1 heterocycles. The average Bonchev–Trinajstić information content (AvgIpc) is 3.28. The van der Waals surface area contributed by atoms with Gasteiger partial charge in [0.25, 0.3) is 11.1 Å². The van der Waals surface area contributed by atoms with Crippen LogP contribution in [0.5, 0.6) is 0 Å². The molecule has 1 aliphatic rings. The molecule has 180 valence electrons. The summed E-state index contributed by atoms with van der Waals surface area (Å²) in [7, 11) is 2.08. The van der Waals surface area contributed by atoms with E-state index >= 15 is 0 Å². The first-order chi connectivity index (χ1) is 16.0. The molecular weight excluding hydrogens is 436 g/mol. The van der Waals surface area contributed by atoms with Crippen LogP contribution < -0.4 is 0 Å². The van der Waals surface area contributed by atoms with Crippen molar-refractivity contribution in [1.82, 2.24) is 20.0 Å². The molecule has 2 aromatic rings. The van der Waals surface area contributed by atoms with Crippen molar-refractivity contribution in [2.75, 3.05) is 19.3 Å². The minimum absolute atomic E-state index is 0.00319. The number of nitrogens with zero attached hydrogens (tertiary/aromatic N) is 4. The maximum absolute atomic E-state index is 13.3. The summed E-state index contributed by atoms with van der Waals surface area (Å²) >= 11 is 1.45. The third-order valence-corrected chi connectivity index (χ3v) is 6.88. The van der Waals surface area contributed by atoms with Gasteiger partial charge in [0.15, 0.2) is 0 Å². The van der Waals surface area contributed by atoms with Gasteiger partial charge in [-0.2, -0.15) is 0 Å². The predicted molar refractivity (Wildman–Crippen MR) is 130 cm³/mol. The fourth-order valence-corrected chi connectivity index (χ4v) is 5.19. The van der Waals surface area contributed by atoms with E-state index in [9.17, 15) is 9.59 Å². The van der Waals surface area contributed by atoms with E-state index < -0.39 is 6.04 Å². The normalized spacial score (nSPS) is 15.7. The van der Waals surface area contributed by atoms with Crippen LogP contribution in [0, 0.1) is 5.92 Å². The van der Waals surface area contributed by atoms with Crippen LogP contribution in [0.1, 0.15) is 68.6 Å². The Morgan fingerprint density at radius 3 is 2.58 bits per heavy atom. The average molecular weight is 473 g/mol. The van der Waals surface area contributed by atoms with Crippen molar-refractivity contribution < 1.29 is 14.0 Å². The monoisotopic (exact) mass is 472 g/mol. The largest absolute Gasteiger partial charge is 0.408 e. The van der Waals surface area contributed by atoms with Crippen LogP contribution in [0.15, 0.2) is 40.0 Å². The van der Waals surface area contributed by atoms with Gasteiger partial charge in [0.1, 0.15) is 6.04 Å². The highest BCUT2D eigenvalue weighted by Crippen LogP contribution is 2.27. The molecule has 1 aromatic carbocycles. The summed E-state index contributed by atoms with van der Waals surface area (Å²) in [5.74, 6) is 0.796. The molecule has 0 bridgehead atoms. The van der Waals surface area contributed by atoms with Gasteiger partial charge in [-0.05, 0) is 37.8 Å². The zero-order valence-corrected chi connectivity index (χ0v) is 20.8. The van der Waals surface area contributed by atoms with Crippen LogP contribution in [0.2, 0.25) is 0 Å². The Labute approximate surface area is 201 Å². The van der Waals surface area contributed by atoms with Crippen LogP contribution in [0.4, 0.5) is 0 Å².